The van der Waals surface area contributed by atoms with E-state index in [9.17, 15) is 0 Å². The molecule has 2 heterocycles. The number of hydrogen-bond acceptors (Lipinski definition) is 4. The quantitative estimate of drug-likeness (QED) is 0.562. The van der Waals surface area contributed by atoms with Gasteiger partial charge in [0, 0.05) is 13.2 Å². The molecule has 2 aromatic heterocycles. The number of anilines is 1. The Balaban J connectivity index is 2.84. The Kier molecular flexibility index (Phi) is 2.05. The van der Waals surface area contributed by atoms with Crippen molar-refractivity contribution < 1.29 is 0 Å². The average molecular weight is 215 g/mol. The summed E-state index contributed by atoms with van der Waals surface area (Å²) in [5.41, 5.74) is 0.702. The van der Waals surface area contributed by atoms with E-state index in [-0.39, 0.29) is 5.28 Å². The first-order valence-corrected chi connectivity index (χ1v) is 4.42. The summed E-state index contributed by atoms with van der Waals surface area (Å²) < 4.78 is 1.60. The summed E-state index contributed by atoms with van der Waals surface area (Å²) >= 11 is 9.90. The van der Waals surface area contributed by atoms with Gasteiger partial charge >= 0.3 is 0 Å². The SMILES string of the molecule is CNc1nc(Cl)nc2c1ccn2S. The van der Waals surface area contributed by atoms with Gasteiger partial charge in [0.1, 0.15) is 5.82 Å². The third-order valence-corrected chi connectivity index (χ3v) is 2.23. The molecule has 0 aliphatic heterocycles. The number of rotatable bonds is 1. The monoisotopic (exact) mass is 214 g/mol. The molecule has 0 amide bonds. The van der Waals surface area contributed by atoms with Gasteiger partial charge in [0.05, 0.1) is 5.39 Å². The minimum absolute atomic E-state index is 0.214. The highest BCUT2D eigenvalue weighted by Crippen LogP contribution is 2.22. The Morgan fingerprint density at radius 2 is 2.31 bits per heavy atom. The van der Waals surface area contributed by atoms with E-state index in [0.717, 1.165) is 5.39 Å². The molecule has 0 unspecified atom stereocenters. The van der Waals surface area contributed by atoms with Gasteiger partial charge in [-0.25, -0.2) is 4.98 Å². The van der Waals surface area contributed by atoms with Crippen molar-refractivity contribution in [3.05, 3.63) is 17.5 Å². The van der Waals surface area contributed by atoms with Crippen LogP contribution in [-0.4, -0.2) is 21.0 Å². The number of hydrogen-bond donors (Lipinski definition) is 2. The van der Waals surface area contributed by atoms with Gasteiger partial charge in [-0.2, -0.15) is 4.98 Å². The molecule has 0 spiro atoms. The van der Waals surface area contributed by atoms with Crippen molar-refractivity contribution in [2.24, 2.45) is 0 Å². The van der Waals surface area contributed by atoms with E-state index in [1.807, 2.05) is 6.07 Å². The molecule has 6 heteroatoms. The number of halogens is 1. The van der Waals surface area contributed by atoms with Crippen molar-refractivity contribution in [2.45, 2.75) is 0 Å². The van der Waals surface area contributed by atoms with Crippen molar-refractivity contribution in [3.63, 3.8) is 0 Å². The third kappa shape index (κ3) is 1.34. The van der Waals surface area contributed by atoms with Crippen LogP contribution in [0.1, 0.15) is 0 Å². The number of fused-ring (bicyclic) bond motifs is 1. The lowest BCUT2D eigenvalue weighted by Crippen LogP contribution is -1.95. The van der Waals surface area contributed by atoms with Crippen LogP contribution in [0.4, 0.5) is 5.82 Å². The molecule has 0 aromatic carbocycles. The number of aromatic nitrogens is 3. The third-order valence-electron chi connectivity index (χ3n) is 1.73. The normalized spacial score (nSPS) is 10.7. The fraction of sp³-hybridized carbons (Fsp3) is 0.143. The van der Waals surface area contributed by atoms with Crippen LogP contribution in [0.5, 0.6) is 0 Å². The van der Waals surface area contributed by atoms with Crippen LogP contribution < -0.4 is 5.32 Å². The van der Waals surface area contributed by atoms with E-state index in [2.05, 4.69) is 28.1 Å². The van der Waals surface area contributed by atoms with Crippen molar-refractivity contribution in [2.75, 3.05) is 12.4 Å². The summed E-state index contributed by atoms with van der Waals surface area (Å²) in [6.07, 6.45) is 1.79. The largest absolute Gasteiger partial charge is 0.372 e. The Bertz CT molecular complexity index is 453. The standard InChI is InChI=1S/C7H7ClN4S/c1-9-5-4-2-3-12(13)6(4)11-7(8)10-5/h2-3,13H,1H3,(H,9,10,11). The number of nitrogens with zero attached hydrogens (tertiary/aromatic N) is 3. The van der Waals surface area contributed by atoms with E-state index < -0.39 is 0 Å². The molecule has 0 saturated heterocycles. The Labute approximate surface area is 85.5 Å². The maximum Gasteiger partial charge on any atom is 0.226 e. The second kappa shape index (κ2) is 3.08. The molecule has 0 atom stereocenters. The highest BCUT2D eigenvalue weighted by atomic mass is 35.5. The number of nitrogens with one attached hydrogen (secondary N) is 1. The van der Waals surface area contributed by atoms with E-state index >= 15 is 0 Å². The minimum atomic E-state index is 0.214. The molecular weight excluding hydrogens is 208 g/mol. The minimum Gasteiger partial charge on any atom is -0.372 e. The fourth-order valence-electron chi connectivity index (χ4n) is 1.17. The van der Waals surface area contributed by atoms with Crippen LogP contribution in [0, 0.1) is 0 Å². The summed E-state index contributed by atoms with van der Waals surface area (Å²) in [6.45, 7) is 0. The molecule has 0 aliphatic carbocycles. The van der Waals surface area contributed by atoms with Crippen LogP contribution in [0.25, 0.3) is 11.0 Å². The smallest absolute Gasteiger partial charge is 0.226 e. The molecule has 13 heavy (non-hydrogen) atoms. The number of thiol groups is 1. The average Bonchev–Trinajstić information content (AvgIpc) is 2.47. The lowest BCUT2D eigenvalue weighted by molar-refractivity contribution is 1.17. The lowest BCUT2D eigenvalue weighted by Gasteiger charge is -2.01. The summed E-state index contributed by atoms with van der Waals surface area (Å²) in [6, 6.07) is 1.88. The molecular formula is C7H7ClN4S. The zero-order chi connectivity index (χ0) is 9.42. The predicted octanol–water partition coefficient (Wildman–Crippen LogP) is 1.82. The summed E-state index contributed by atoms with van der Waals surface area (Å²) in [4.78, 5) is 8.07. The van der Waals surface area contributed by atoms with E-state index in [0.29, 0.717) is 11.5 Å². The maximum absolute atomic E-state index is 5.72. The van der Waals surface area contributed by atoms with Crippen LogP contribution >= 0.6 is 24.4 Å². The predicted molar refractivity (Wildman–Crippen MR) is 56.5 cm³/mol. The maximum atomic E-state index is 5.72. The zero-order valence-corrected chi connectivity index (χ0v) is 8.47. The lowest BCUT2D eigenvalue weighted by atomic mass is 10.4. The van der Waals surface area contributed by atoms with Crippen molar-refractivity contribution in [1.82, 2.24) is 13.9 Å². The van der Waals surface area contributed by atoms with E-state index in [1.165, 1.54) is 0 Å². The van der Waals surface area contributed by atoms with Gasteiger partial charge in [0.2, 0.25) is 5.28 Å². The van der Waals surface area contributed by atoms with Gasteiger partial charge in [0.15, 0.2) is 5.65 Å². The summed E-state index contributed by atoms with van der Waals surface area (Å²) in [5, 5.41) is 4.06. The second-order valence-corrected chi connectivity index (χ2v) is 3.26. The Morgan fingerprint density at radius 1 is 1.54 bits per heavy atom. The molecule has 0 radical (unpaired) electrons. The van der Waals surface area contributed by atoms with Gasteiger partial charge in [0.25, 0.3) is 0 Å². The van der Waals surface area contributed by atoms with Crippen LogP contribution in [0.2, 0.25) is 5.28 Å². The van der Waals surface area contributed by atoms with Crippen molar-refractivity contribution in [1.29, 1.82) is 0 Å². The second-order valence-electron chi connectivity index (χ2n) is 2.49. The van der Waals surface area contributed by atoms with Gasteiger partial charge in [-0.3, -0.25) is 3.97 Å². The summed E-state index contributed by atoms with van der Waals surface area (Å²) in [5.74, 6) is 0.711. The molecule has 0 bridgehead atoms. The zero-order valence-electron chi connectivity index (χ0n) is 6.82. The first-order chi connectivity index (χ1) is 6.22. The molecule has 2 aromatic rings. The molecule has 68 valence electrons. The Hall–Kier alpha value is -0.940. The van der Waals surface area contributed by atoms with Crippen molar-refractivity contribution >= 4 is 41.3 Å². The topological polar surface area (TPSA) is 42.7 Å². The molecule has 4 nitrogen and oxygen atoms in total. The van der Waals surface area contributed by atoms with Gasteiger partial charge in [-0.1, -0.05) is 12.8 Å². The molecule has 0 aliphatic rings. The Morgan fingerprint density at radius 3 is 3.00 bits per heavy atom. The first kappa shape index (κ1) is 8.65. The van der Waals surface area contributed by atoms with Crippen LogP contribution in [0.3, 0.4) is 0 Å². The molecule has 0 saturated carbocycles. The first-order valence-electron chi connectivity index (χ1n) is 3.64. The highest BCUT2D eigenvalue weighted by molar-refractivity contribution is 7.78. The fourth-order valence-corrected chi connectivity index (χ4v) is 1.55. The van der Waals surface area contributed by atoms with Gasteiger partial charge in [-0.15, -0.1) is 0 Å². The van der Waals surface area contributed by atoms with Gasteiger partial charge in [-0.05, 0) is 17.7 Å². The van der Waals surface area contributed by atoms with Crippen LogP contribution in [0.15, 0.2) is 12.3 Å². The van der Waals surface area contributed by atoms with Crippen molar-refractivity contribution in [3.8, 4) is 0 Å². The molecule has 1 N–H and O–H groups in total. The van der Waals surface area contributed by atoms with Gasteiger partial charge < -0.3 is 5.32 Å². The van der Waals surface area contributed by atoms with E-state index in [1.54, 1.807) is 17.2 Å². The van der Waals surface area contributed by atoms with Crippen LogP contribution in [-0.2, 0) is 0 Å². The molecule has 0 fully saturated rings. The summed E-state index contributed by atoms with van der Waals surface area (Å²) in [7, 11) is 1.79. The van der Waals surface area contributed by atoms with E-state index in [4.69, 9.17) is 11.6 Å². The highest BCUT2D eigenvalue weighted by Gasteiger charge is 2.07. The molecule has 2 rings (SSSR count).